The summed E-state index contributed by atoms with van der Waals surface area (Å²) in [6, 6.07) is 0. The molecule has 0 bridgehead atoms. The lowest BCUT2D eigenvalue weighted by Crippen LogP contribution is -2.42. The summed E-state index contributed by atoms with van der Waals surface area (Å²) >= 11 is 0. The van der Waals surface area contributed by atoms with E-state index in [0.29, 0.717) is 24.5 Å². The van der Waals surface area contributed by atoms with Crippen molar-refractivity contribution >= 4 is 5.91 Å². The Morgan fingerprint density at radius 2 is 2.33 bits per heavy atom. The van der Waals surface area contributed by atoms with Gasteiger partial charge in [0.05, 0.1) is 24.3 Å². The number of hydrogen-bond acceptors (Lipinski definition) is 5. The molecule has 3 heterocycles. The van der Waals surface area contributed by atoms with Crippen molar-refractivity contribution in [2.45, 2.75) is 38.4 Å². The van der Waals surface area contributed by atoms with Gasteiger partial charge in [-0.25, -0.2) is 9.97 Å². The normalized spacial score (nSPS) is 28.5. The molecule has 6 nitrogen and oxygen atoms in total. The number of methoxy groups -OCH3 is 1. The lowest BCUT2D eigenvalue weighted by Gasteiger charge is -2.27. The number of nitrogens with zero attached hydrogens (tertiary/aromatic N) is 3. The third-order valence-corrected chi connectivity index (χ3v) is 4.47. The Morgan fingerprint density at radius 1 is 1.52 bits per heavy atom. The van der Waals surface area contributed by atoms with Gasteiger partial charge in [0, 0.05) is 19.9 Å². The van der Waals surface area contributed by atoms with Crippen molar-refractivity contribution in [1.29, 1.82) is 0 Å². The van der Waals surface area contributed by atoms with E-state index in [-0.39, 0.29) is 17.6 Å². The predicted octanol–water partition coefficient (Wildman–Crippen LogP) is 1.11. The molecule has 2 saturated heterocycles. The second-order valence-corrected chi connectivity index (χ2v) is 5.84. The monoisotopic (exact) mass is 291 g/mol. The molecule has 3 rings (SSSR count). The first kappa shape index (κ1) is 14.4. The molecule has 2 atom stereocenters. The van der Waals surface area contributed by atoms with E-state index in [4.69, 9.17) is 9.47 Å². The van der Waals surface area contributed by atoms with E-state index in [1.807, 2.05) is 13.8 Å². The van der Waals surface area contributed by atoms with Crippen LogP contribution in [-0.4, -0.2) is 59.3 Å². The molecule has 6 heteroatoms. The van der Waals surface area contributed by atoms with Gasteiger partial charge in [-0.1, -0.05) is 0 Å². The van der Waals surface area contributed by atoms with Crippen LogP contribution in [0.5, 0.6) is 0 Å². The molecule has 1 aromatic heterocycles. The average molecular weight is 291 g/mol. The smallest absolute Gasteiger partial charge is 0.257 e. The predicted molar refractivity (Wildman–Crippen MR) is 76.1 cm³/mol. The summed E-state index contributed by atoms with van der Waals surface area (Å²) in [7, 11) is 1.68. The molecule has 2 aliphatic rings. The number of carbonyl (C=O) groups excluding carboxylic acids is 1. The van der Waals surface area contributed by atoms with Crippen LogP contribution in [0.15, 0.2) is 6.20 Å². The molecule has 1 spiro atoms. The highest BCUT2D eigenvalue weighted by Crippen LogP contribution is 2.37. The van der Waals surface area contributed by atoms with E-state index in [0.717, 1.165) is 25.1 Å². The summed E-state index contributed by atoms with van der Waals surface area (Å²) in [5.74, 6) is 0.637. The van der Waals surface area contributed by atoms with Gasteiger partial charge in [-0.3, -0.25) is 4.79 Å². The number of aromatic nitrogens is 2. The summed E-state index contributed by atoms with van der Waals surface area (Å²) in [5.41, 5.74) is 0.949. The van der Waals surface area contributed by atoms with Crippen molar-refractivity contribution in [3.63, 3.8) is 0 Å². The second kappa shape index (κ2) is 5.35. The van der Waals surface area contributed by atoms with Crippen LogP contribution >= 0.6 is 0 Å². The van der Waals surface area contributed by atoms with Crippen molar-refractivity contribution in [2.75, 3.05) is 26.8 Å². The highest BCUT2D eigenvalue weighted by Gasteiger charge is 2.51. The third-order valence-electron chi connectivity index (χ3n) is 4.47. The molecule has 0 saturated carbocycles. The van der Waals surface area contributed by atoms with E-state index in [1.165, 1.54) is 0 Å². The van der Waals surface area contributed by atoms with Gasteiger partial charge in [0.1, 0.15) is 17.5 Å². The van der Waals surface area contributed by atoms with E-state index in [1.54, 1.807) is 18.2 Å². The van der Waals surface area contributed by atoms with E-state index >= 15 is 0 Å². The minimum Gasteiger partial charge on any atom is -0.377 e. The molecule has 2 aliphatic heterocycles. The molecule has 1 aromatic rings. The molecular weight excluding hydrogens is 270 g/mol. The summed E-state index contributed by atoms with van der Waals surface area (Å²) < 4.78 is 11.5. The zero-order chi connectivity index (χ0) is 15.0. The molecule has 0 radical (unpaired) electrons. The molecular formula is C15H21N3O3. The van der Waals surface area contributed by atoms with E-state index in [9.17, 15) is 4.79 Å². The van der Waals surface area contributed by atoms with Gasteiger partial charge in [-0.15, -0.1) is 0 Å². The summed E-state index contributed by atoms with van der Waals surface area (Å²) in [6.07, 6.45) is 3.52. The fourth-order valence-electron chi connectivity index (χ4n) is 3.36. The zero-order valence-corrected chi connectivity index (χ0v) is 12.8. The highest BCUT2D eigenvalue weighted by atomic mass is 16.6. The van der Waals surface area contributed by atoms with E-state index < -0.39 is 0 Å². The van der Waals surface area contributed by atoms with Gasteiger partial charge in [0.2, 0.25) is 0 Å². The molecule has 2 fully saturated rings. The Labute approximate surface area is 124 Å². The number of carbonyl (C=O) groups is 1. The Kier molecular flexibility index (Phi) is 3.67. The summed E-state index contributed by atoms with van der Waals surface area (Å²) in [6.45, 7) is 5.54. The highest BCUT2D eigenvalue weighted by molar-refractivity contribution is 5.95. The number of aryl methyl sites for hydroxylation is 2. The quantitative estimate of drug-likeness (QED) is 0.817. The molecule has 114 valence electrons. The van der Waals surface area contributed by atoms with Crippen LogP contribution in [0.2, 0.25) is 0 Å². The zero-order valence-electron chi connectivity index (χ0n) is 12.8. The first-order valence-corrected chi connectivity index (χ1v) is 7.32. The maximum Gasteiger partial charge on any atom is 0.257 e. The van der Waals surface area contributed by atoms with Gasteiger partial charge >= 0.3 is 0 Å². The SMILES string of the molecule is CO[C@H]1CN(C(=O)c2cnc(C)nc2C)C[C@@]12CCCO2. The summed E-state index contributed by atoms with van der Waals surface area (Å²) in [4.78, 5) is 22.9. The van der Waals surface area contributed by atoms with Crippen LogP contribution in [-0.2, 0) is 9.47 Å². The maximum atomic E-state index is 12.7. The Morgan fingerprint density at radius 3 is 2.95 bits per heavy atom. The molecule has 1 amide bonds. The third kappa shape index (κ3) is 2.42. The first-order chi connectivity index (χ1) is 10.1. The van der Waals surface area contributed by atoms with Crippen molar-refractivity contribution in [3.05, 3.63) is 23.3 Å². The van der Waals surface area contributed by atoms with Crippen molar-refractivity contribution in [3.8, 4) is 0 Å². The van der Waals surface area contributed by atoms with Crippen molar-refractivity contribution in [1.82, 2.24) is 14.9 Å². The largest absolute Gasteiger partial charge is 0.377 e. The minimum absolute atomic E-state index is 0.0399. The average Bonchev–Trinajstić information content (AvgIpc) is 3.06. The van der Waals surface area contributed by atoms with Crippen LogP contribution < -0.4 is 0 Å². The number of amides is 1. The van der Waals surface area contributed by atoms with Gasteiger partial charge in [0.25, 0.3) is 5.91 Å². The Balaban J connectivity index is 1.83. The van der Waals surface area contributed by atoms with Crippen molar-refractivity contribution < 1.29 is 14.3 Å². The topological polar surface area (TPSA) is 64.5 Å². The first-order valence-electron chi connectivity index (χ1n) is 7.32. The molecule has 0 aliphatic carbocycles. The molecule has 0 aromatic carbocycles. The molecule has 0 N–H and O–H groups in total. The summed E-state index contributed by atoms with van der Waals surface area (Å²) in [5, 5.41) is 0. The Bertz CT molecular complexity index is 555. The number of hydrogen-bond donors (Lipinski definition) is 0. The van der Waals surface area contributed by atoms with Gasteiger partial charge < -0.3 is 14.4 Å². The van der Waals surface area contributed by atoms with E-state index in [2.05, 4.69) is 9.97 Å². The van der Waals surface area contributed by atoms with Crippen LogP contribution in [0.4, 0.5) is 0 Å². The van der Waals surface area contributed by atoms with Crippen molar-refractivity contribution in [2.24, 2.45) is 0 Å². The van der Waals surface area contributed by atoms with Crippen LogP contribution in [0.1, 0.15) is 34.7 Å². The Hall–Kier alpha value is -1.53. The van der Waals surface area contributed by atoms with Gasteiger partial charge in [-0.05, 0) is 26.7 Å². The van der Waals surface area contributed by atoms with Gasteiger partial charge in [-0.2, -0.15) is 0 Å². The fourth-order valence-corrected chi connectivity index (χ4v) is 3.36. The van der Waals surface area contributed by atoms with Crippen LogP contribution in [0, 0.1) is 13.8 Å². The lowest BCUT2D eigenvalue weighted by molar-refractivity contribution is -0.0754. The minimum atomic E-state index is -0.329. The van der Waals surface area contributed by atoms with Crippen LogP contribution in [0.25, 0.3) is 0 Å². The van der Waals surface area contributed by atoms with Gasteiger partial charge in [0.15, 0.2) is 0 Å². The maximum absolute atomic E-state index is 12.7. The fraction of sp³-hybridized carbons (Fsp3) is 0.667. The van der Waals surface area contributed by atoms with Crippen LogP contribution in [0.3, 0.4) is 0 Å². The standard InChI is InChI=1S/C15H21N3O3/c1-10-12(7-16-11(2)17-10)14(19)18-8-13(20-3)15(9-18)5-4-6-21-15/h7,13H,4-6,8-9H2,1-3H3/t13-,15-/m0/s1. The number of rotatable bonds is 2. The number of likely N-dealkylation sites (tertiary alicyclic amines) is 1. The molecule has 0 unspecified atom stereocenters. The second-order valence-electron chi connectivity index (χ2n) is 5.84. The lowest BCUT2D eigenvalue weighted by atomic mass is 9.96. The number of ether oxygens (including phenoxy) is 2. The molecule has 21 heavy (non-hydrogen) atoms.